The van der Waals surface area contributed by atoms with E-state index in [-0.39, 0.29) is 0 Å². The first-order valence-electron chi connectivity index (χ1n) is 8.03. The highest BCUT2D eigenvalue weighted by atomic mass is 35.5. The highest BCUT2D eigenvalue weighted by Crippen LogP contribution is 2.25. The number of hydrogen-bond donors (Lipinski definition) is 1. The van der Waals surface area contributed by atoms with Crippen LogP contribution in [0, 0.1) is 0 Å². The maximum absolute atomic E-state index is 6.16. The summed E-state index contributed by atoms with van der Waals surface area (Å²) in [6, 6.07) is 24.6. The molecule has 128 valence electrons. The molecule has 26 heavy (non-hydrogen) atoms. The fraction of sp³-hybridized carbons (Fsp3) is 0. The number of benzene rings is 3. The zero-order valence-electron chi connectivity index (χ0n) is 13.6. The van der Waals surface area contributed by atoms with Crippen molar-refractivity contribution in [2.45, 2.75) is 0 Å². The van der Waals surface area contributed by atoms with Gasteiger partial charge in [-0.2, -0.15) is 5.10 Å². The van der Waals surface area contributed by atoms with E-state index in [0.717, 1.165) is 22.0 Å². The van der Waals surface area contributed by atoms with Gasteiger partial charge >= 0.3 is 0 Å². The van der Waals surface area contributed by atoms with E-state index in [9.17, 15) is 0 Å². The maximum atomic E-state index is 6.16. The average Bonchev–Trinajstić information content (AvgIpc) is 2.67. The summed E-state index contributed by atoms with van der Waals surface area (Å²) in [6.07, 6.45) is 0. The summed E-state index contributed by atoms with van der Waals surface area (Å²) in [5.41, 5.74) is 5.60. The second-order valence-corrected chi connectivity index (χ2v) is 6.61. The molecule has 0 aliphatic rings. The molecule has 3 aromatic carbocycles. The Hall–Kier alpha value is -2.75. The summed E-state index contributed by atoms with van der Waals surface area (Å²) in [6.45, 7) is 0. The normalized spacial score (nSPS) is 11.7. The molecule has 0 saturated heterocycles. The Kier molecular flexibility index (Phi) is 4.65. The Balaban J connectivity index is 1.88. The van der Waals surface area contributed by atoms with Gasteiger partial charge in [0.05, 0.1) is 11.0 Å². The standard InChI is InChI=1S/C21H14Cl2N2O/c22-15-8-6-14(7-9-15)21-13-19(25-24-17-4-2-1-3-5-17)18-12-16(23)10-11-20(18)26-21/h1-13,24H/b25-19-. The van der Waals surface area contributed by atoms with Gasteiger partial charge < -0.3 is 4.42 Å². The van der Waals surface area contributed by atoms with Crippen molar-refractivity contribution in [3.63, 3.8) is 0 Å². The molecule has 4 aromatic rings. The molecule has 3 nitrogen and oxygen atoms in total. The molecule has 0 bridgehead atoms. The van der Waals surface area contributed by atoms with E-state index >= 15 is 0 Å². The fourth-order valence-electron chi connectivity index (χ4n) is 2.63. The van der Waals surface area contributed by atoms with Crippen LogP contribution in [0.1, 0.15) is 0 Å². The number of rotatable bonds is 3. The fourth-order valence-corrected chi connectivity index (χ4v) is 2.93. The molecule has 0 fully saturated rings. The van der Waals surface area contributed by atoms with Crippen LogP contribution in [0.3, 0.4) is 0 Å². The second kappa shape index (κ2) is 7.24. The topological polar surface area (TPSA) is 37.5 Å². The monoisotopic (exact) mass is 380 g/mol. The lowest BCUT2D eigenvalue weighted by atomic mass is 10.1. The van der Waals surface area contributed by atoms with Crippen LogP contribution >= 0.6 is 23.2 Å². The number of anilines is 1. The third kappa shape index (κ3) is 3.59. The summed E-state index contributed by atoms with van der Waals surface area (Å²) in [5.74, 6) is 0.699. The first-order chi connectivity index (χ1) is 12.7. The number of para-hydroxylation sites is 1. The van der Waals surface area contributed by atoms with Crippen molar-refractivity contribution in [3.05, 3.63) is 94.3 Å². The Morgan fingerprint density at radius 1 is 0.769 bits per heavy atom. The summed E-state index contributed by atoms with van der Waals surface area (Å²) in [5, 5.41) is 7.43. The van der Waals surface area contributed by atoms with E-state index in [1.807, 2.05) is 72.8 Å². The van der Waals surface area contributed by atoms with Crippen molar-refractivity contribution in [1.82, 2.24) is 0 Å². The number of hydrogen-bond acceptors (Lipinski definition) is 3. The number of fused-ring (bicyclic) bond motifs is 1. The van der Waals surface area contributed by atoms with Gasteiger partial charge in [0, 0.05) is 27.1 Å². The molecule has 0 spiro atoms. The van der Waals surface area contributed by atoms with Gasteiger partial charge in [-0.15, -0.1) is 0 Å². The maximum Gasteiger partial charge on any atom is 0.137 e. The Morgan fingerprint density at radius 2 is 1.50 bits per heavy atom. The first kappa shape index (κ1) is 16.7. The first-order valence-corrected chi connectivity index (χ1v) is 8.79. The molecular weight excluding hydrogens is 367 g/mol. The zero-order chi connectivity index (χ0) is 17.9. The molecule has 0 amide bonds. The smallest absolute Gasteiger partial charge is 0.137 e. The molecule has 0 radical (unpaired) electrons. The van der Waals surface area contributed by atoms with Crippen molar-refractivity contribution >= 4 is 39.9 Å². The molecule has 5 heteroatoms. The third-order valence-corrected chi connectivity index (χ3v) is 4.40. The van der Waals surface area contributed by atoms with E-state index in [4.69, 9.17) is 27.6 Å². The van der Waals surface area contributed by atoms with Crippen LogP contribution in [0.2, 0.25) is 10.0 Å². The molecule has 0 unspecified atom stereocenters. The van der Waals surface area contributed by atoms with Crippen molar-refractivity contribution < 1.29 is 4.42 Å². The highest BCUT2D eigenvalue weighted by Gasteiger charge is 2.07. The summed E-state index contributed by atoms with van der Waals surface area (Å²) >= 11 is 12.2. The number of nitrogens with one attached hydrogen (secondary N) is 1. The lowest BCUT2D eigenvalue weighted by Crippen LogP contribution is -2.07. The van der Waals surface area contributed by atoms with Crippen LogP contribution in [0.5, 0.6) is 0 Å². The van der Waals surface area contributed by atoms with E-state index < -0.39 is 0 Å². The van der Waals surface area contributed by atoms with Gasteiger partial charge in [-0.05, 0) is 54.6 Å². The van der Waals surface area contributed by atoms with E-state index in [2.05, 4.69) is 10.5 Å². The van der Waals surface area contributed by atoms with E-state index in [1.54, 1.807) is 6.07 Å². The Labute approximate surface area is 160 Å². The van der Waals surface area contributed by atoms with Gasteiger partial charge in [0.2, 0.25) is 0 Å². The lowest BCUT2D eigenvalue weighted by molar-refractivity contribution is 0.618. The minimum Gasteiger partial charge on any atom is -0.456 e. The van der Waals surface area contributed by atoms with Crippen LogP contribution in [-0.4, -0.2) is 0 Å². The van der Waals surface area contributed by atoms with Crippen LogP contribution in [-0.2, 0) is 0 Å². The minimum absolute atomic E-state index is 0.628. The largest absolute Gasteiger partial charge is 0.456 e. The van der Waals surface area contributed by atoms with Gasteiger partial charge in [-0.25, -0.2) is 0 Å². The van der Waals surface area contributed by atoms with Crippen LogP contribution in [0.4, 0.5) is 5.69 Å². The van der Waals surface area contributed by atoms with E-state index in [0.29, 0.717) is 21.4 Å². The SMILES string of the molecule is Clc1ccc(-c2c/c(=N/Nc3ccccc3)c3cc(Cl)ccc3o2)cc1. The van der Waals surface area contributed by atoms with Gasteiger partial charge in [-0.3, -0.25) is 5.43 Å². The molecule has 0 aliphatic heterocycles. The predicted octanol–water partition coefficient (Wildman–Crippen LogP) is 6.33. The molecular formula is C21H14Cl2N2O. The van der Waals surface area contributed by atoms with Gasteiger partial charge in [0.15, 0.2) is 0 Å². The van der Waals surface area contributed by atoms with E-state index in [1.165, 1.54) is 0 Å². The van der Waals surface area contributed by atoms with Gasteiger partial charge in [0.25, 0.3) is 0 Å². The summed E-state index contributed by atoms with van der Waals surface area (Å²) in [7, 11) is 0. The van der Waals surface area contributed by atoms with Crippen molar-refractivity contribution in [2.75, 3.05) is 5.43 Å². The quantitative estimate of drug-likeness (QED) is 0.421. The molecule has 1 N–H and O–H groups in total. The zero-order valence-corrected chi connectivity index (χ0v) is 15.1. The minimum atomic E-state index is 0.628. The van der Waals surface area contributed by atoms with Crippen molar-refractivity contribution in [2.24, 2.45) is 5.10 Å². The third-order valence-electron chi connectivity index (χ3n) is 3.91. The predicted molar refractivity (Wildman–Crippen MR) is 107 cm³/mol. The van der Waals surface area contributed by atoms with Crippen LogP contribution < -0.4 is 10.8 Å². The number of nitrogens with zero attached hydrogens (tertiary/aromatic N) is 1. The molecule has 1 aromatic heterocycles. The van der Waals surface area contributed by atoms with Gasteiger partial charge in [-0.1, -0.05) is 41.4 Å². The lowest BCUT2D eigenvalue weighted by Gasteiger charge is -2.06. The summed E-state index contributed by atoms with van der Waals surface area (Å²) < 4.78 is 6.05. The Morgan fingerprint density at radius 3 is 2.27 bits per heavy atom. The molecule has 4 rings (SSSR count). The Bertz CT molecular complexity index is 1120. The molecule has 0 atom stereocenters. The molecule has 0 saturated carbocycles. The highest BCUT2D eigenvalue weighted by molar-refractivity contribution is 6.31. The van der Waals surface area contributed by atoms with Crippen molar-refractivity contribution in [3.8, 4) is 11.3 Å². The average molecular weight is 381 g/mol. The number of halogens is 2. The van der Waals surface area contributed by atoms with Crippen LogP contribution in [0.25, 0.3) is 22.3 Å². The second-order valence-electron chi connectivity index (χ2n) is 5.73. The molecule has 1 heterocycles. The molecule has 0 aliphatic carbocycles. The van der Waals surface area contributed by atoms with Crippen molar-refractivity contribution in [1.29, 1.82) is 0 Å². The van der Waals surface area contributed by atoms with Crippen LogP contribution in [0.15, 0.2) is 88.4 Å². The summed E-state index contributed by atoms with van der Waals surface area (Å²) in [4.78, 5) is 0. The van der Waals surface area contributed by atoms with Gasteiger partial charge in [0.1, 0.15) is 11.3 Å².